The smallest absolute Gasteiger partial charge is 0.191 e. The molecule has 2 N–H and O–H groups in total. The van der Waals surface area contributed by atoms with Gasteiger partial charge in [0.15, 0.2) is 5.96 Å². The maximum atomic E-state index is 5.19. The zero-order valence-electron chi connectivity index (χ0n) is 10.9. The van der Waals surface area contributed by atoms with Gasteiger partial charge < -0.3 is 15.2 Å². The van der Waals surface area contributed by atoms with Crippen molar-refractivity contribution in [2.24, 2.45) is 4.99 Å². The van der Waals surface area contributed by atoms with E-state index in [0.29, 0.717) is 12.5 Å². The number of guanidine groups is 1. The van der Waals surface area contributed by atoms with Crippen LogP contribution in [-0.4, -0.2) is 35.6 Å². The first-order valence-electron chi connectivity index (χ1n) is 6.13. The molecule has 0 bridgehead atoms. The van der Waals surface area contributed by atoms with E-state index < -0.39 is 0 Å². The normalized spacial score (nSPS) is 11.3. The summed E-state index contributed by atoms with van der Waals surface area (Å²) in [6.45, 7) is 2.04. The van der Waals surface area contributed by atoms with E-state index in [1.807, 2.05) is 24.5 Å². The third-order valence-electron chi connectivity index (χ3n) is 2.75. The first-order valence-corrected chi connectivity index (χ1v) is 6.13. The molecule has 1 aromatic carbocycles. The average Bonchev–Trinajstić information content (AvgIpc) is 2.86. The number of rotatable bonds is 4. The minimum Gasteiger partial charge on any atom is -0.355 e. The second-order valence-corrected chi connectivity index (χ2v) is 3.98. The molecule has 0 fully saturated rings. The Hall–Kier alpha value is -2.48. The maximum Gasteiger partial charge on any atom is 0.191 e. The molecular weight excluding hydrogens is 238 g/mol. The van der Waals surface area contributed by atoms with Crippen molar-refractivity contribution in [2.45, 2.75) is 6.54 Å². The second-order valence-electron chi connectivity index (χ2n) is 3.98. The van der Waals surface area contributed by atoms with Crippen molar-refractivity contribution in [3.05, 3.63) is 30.6 Å². The van der Waals surface area contributed by atoms with Crippen molar-refractivity contribution in [2.75, 3.05) is 20.1 Å². The van der Waals surface area contributed by atoms with Crippen LogP contribution in [0.1, 0.15) is 0 Å². The summed E-state index contributed by atoms with van der Waals surface area (Å²) in [7, 11) is 1.72. The van der Waals surface area contributed by atoms with E-state index in [0.717, 1.165) is 24.1 Å². The monoisotopic (exact) mass is 255 g/mol. The Kier molecular flexibility index (Phi) is 4.40. The molecule has 0 unspecified atom stereocenters. The minimum absolute atomic E-state index is 0.466. The van der Waals surface area contributed by atoms with Gasteiger partial charge in [-0.05, 0) is 12.1 Å². The molecule has 0 aliphatic rings. The Morgan fingerprint density at radius 1 is 1.42 bits per heavy atom. The molecule has 5 heteroatoms. The van der Waals surface area contributed by atoms with Crippen molar-refractivity contribution >= 4 is 17.0 Å². The van der Waals surface area contributed by atoms with Crippen molar-refractivity contribution < 1.29 is 0 Å². The van der Waals surface area contributed by atoms with Gasteiger partial charge in [0.05, 0.1) is 23.9 Å². The lowest BCUT2D eigenvalue weighted by Crippen LogP contribution is -2.38. The third kappa shape index (κ3) is 3.26. The standard InChI is InChI=1S/C14H17N5/c1-3-8-16-14(15-2)17-9-10-19-11-18-12-6-4-5-7-13(12)19/h1,4-7,11H,8-10H2,2H3,(H2,15,16,17). The highest BCUT2D eigenvalue weighted by Crippen LogP contribution is 2.10. The van der Waals surface area contributed by atoms with Gasteiger partial charge in [-0.25, -0.2) is 4.98 Å². The number of hydrogen-bond acceptors (Lipinski definition) is 2. The fourth-order valence-electron chi connectivity index (χ4n) is 1.84. The van der Waals surface area contributed by atoms with Crippen LogP contribution < -0.4 is 10.6 Å². The molecule has 5 nitrogen and oxygen atoms in total. The van der Waals surface area contributed by atoms with Gasteiger partial charge >= 0.3 is 0 Å². The predicted octanol–water partition coefficient (Wildman–Crippen LogP) is 0.835. The molecule has 0 saturated carbocycles. The van der Waals surface area contributed by atoms with Gasteiger partial charge in [-0.2, -0.15) is 0 Å². The van der Waals surface area contributed by atoms with Gasteiger partial charge in [-0.3, -0.25) is 4.99 Å². The van der Waals surface area contributed by atoms with Crippen molar-refractivity contribution in [3.8, 4) is 12.3 Å². The molecule has 0 radical (unpaired) electrons. The van der Waals surface area contributed by atoms with Gasteiger partial charge in [-0.15, -0.1) is 6.42 Å². The molecule has 19 heavy (non-hydrogen) atoms. The first-order chi connectivity index (χ1) is 9.35. The third-order valence-corrected chi connectivity index (χ3v) is 2.75. The molecule has 98 valence electrons. The number of para-hydroxylation sites is 2. The Labute approximate surface area is 112 Å². The number of nitrogens with one attached hydrogen (secondary N) is 2. The van der Waals surface area contributed by atoms with Crippen LogP contribution >= 0.6 is 0 Å². The minimum atomic E-state index is 0.466. The Bertz CT molecular complexity index is 606. The average molecular weight is 255 g/mol. The highest BCUT2D eigenvalue weighted by molar-refractivity contribution is 5.79. The summed E-state index contributed by atoms with van der Waals surface area (Å²) < 4.78 is 2.11. The van der Waals surface area contributed by atoms with E-state index in [-0.39, 0.29) is 0 Å². The Balaban J connectivity index is 1.91. The highest BCUT2D eigenvalue weighted by atomic mass is 15.2. The molecule has 0 spiro atoms. The zero-order chi connectivity index (χ0) is 13.5. The summed E-state index contributed by atoms with van der Waals surface area (Å²) in [6, 6.07) is 8.07. The number of terminal acetylenes is 1. The van der Waals surface area contributed by atoms with E-state index in [9.17, 15) is 0 Å². The molecule has 1 aromatic heterocycles. The lowest BCUT2D eigenvalue weighted by Gasteiger charge is -2.10. The number of aliphatic imine (C=N–C) groups is 1. The number of imidazole rings is 1. The quantitative estimate of drug-likeness (QED) is 0.483. The van der Waals surface area contributed by atoms with Crippen LogP contribution in [0.5, 0.6) is 0 Å². The van der Waals surface area contributed by atoms with Crippen LogP contribution in [0.3, 0.4) is 0 Å². The van der Waals surface area contributed by atoms with Crippen LogP contribution in [0, 0.1) is 12.3 Å². The summed E-state index contributed by atoms with van der Waals surface area (Å²) in [4.78, 5) is 8.43. The van der Waals surface area contributed by atoms with Crippen LogP contribution in [0.2, 0.25) is 0 Å². The van der Waals surface area contributed by atoms with Gasteiger partial charge in [0.1, 0.15) is 0 Å². The second kappa shape index (κ2) is 6.45. The molecule has 2 aromatic rings. The number of benzene rings is 1. The van der Waals surface area contributed by atoms with Gasteiger partial charge in [0.25, 0.3) is 0 Å². The Morgan fingerprint density at radius 2 is 2.26 bits per heavy atom. The molecule has 1 heterocycles. The van der Waals surface area contributed by atoms with Crippen LogP contribution in [0.15, 0.2) is 35.6 Å². The molecule has 0 aliphatic carbocycles. The predicted molar refractivity (Wildman–Crippen MR) is 77.9 cm³/mol. The lowest BCUT2D eigenvalue weighted by atomic mass is 10.3. The Morgan fingerprint density at radius 3 is 3.05 bits per heavy atom. The van der Waals surface area contributed by atoms with Crippen LogP contribution in [0.25, 0.3) is 11.0 Å². The molecule has 2 rings (SSSR count). The van der Waals surface area contributed by atoms with Crippen LogP contribution in [0.4, 0.5) is 0 Å². The van der Waals surface area contributed by atoms with Gasteiger partial charge in [0, 0.05) is 20.1 Å². The largest absolute Gasteiger partial charge is 0.355 e. The summed E-state index contributed by atoms with van der Waals surface area (Å²) in [5.74, 6) is 3.22. The van der Waals surface area contributed by atoms with E-state index >= 15 is 0 Å². The number of aromatic nitrogens is 2. The number of fused-ring (bicyclic) bond motifs is 1. The topological polar surface area (TPSA) is 54.2 Å². The fourth-order valence-corrected chi connectivity index (χ4v) is 1.84. The summed E-state index contributed by atoms with van der Waals surface area (Å²) in [6.07, 6.45) is 7.04. The van der Waals surface area contributed by atoms with Gasteiger partial charge in [0.2, 0.25) is 0 Å². The fraction of sp³-hybridized carbons (Fsp3) is 0.286. The summed E-state index contributed by atoms with van der Waals surface area (Å²) in [5.41, 5.74) is 2.15. The maximum absolute atomic E-state index is 5.19. The molecule has 0 amide bonds. The van der Waals surface area contributed by atoms with E-state index in [4.69, 9.17) is 6.42 Å². The zero-order valence-corrected chi connectivity index (χ0v) is 10.9. The summed E-state index contributed by atoms with van der Waals surface area (Å²) in [5, 5.41) is 6.22. The van der Waals surface area contributed by atoms with Crippen molar-refractivity contribution in [1.29, 1.82) is 0 Å². The highest BCUT2D eigenvalue weighted by Gasteiger charge is 2.01. The van der Waals surface area contributed by atoms with Crippen molar-refractivity contribution in [1.82, 2.24) is 20.2 Å². The number of nitrogens with zero attached hydrogens (tertiary/aromatic N) is 3. The van der Waals surface area contributed by atoms with Gasteiger partial charge in [-0.1, -0.05) is 18.1 Å². The number of hydrogen-bond donors (Lipinski definition) is 2. The van der Waals surface area contributed by atoms with E-state index in [1.54, 1.807) is 7.05 Å². The molecule has 0 aliphatic heterocycles. The van der Waals surface area contributed by atoms with E-state index in [1.165, 1.54) is 0 Å². The molecular formula is C14H17N5. The summed E-state index contributed by atoms with van der Waals surface area (Å²) >= 11 is 0. The first kappa shape index (κ1) is 13.0. The molecule has 0 atom stereocenters. The van der Waals surface area contributed by atoms with Crippen LogP contribution in [-0.2, 0) is 6.54 Å². The van der Waals surface area contributed by atoms with Crippen molar-refractivity contribution in [3.63, 3.8) is 0 Å². The lowest BCUT2D eigenvalue weighted by molar-refractivity contribution is 0.680. The molecule has 0 saturated heterocycles. The van der Waals surface area contributed by atoms with E-state index in [2.05, 4.69) is 37.2 Å². The SMILES string of the molecule is C#CCNC(=NC)NCCn1cnc2ccccc21.